The van der Waals surface area contributed by atoms with Crippen LogP contribution in [-0.2, 0) is 11.3 Å². The number of aryl methyl sites for hydroxylation is 1. The van der Waals surface area contributed by atoms with Crippen LogP contribution in [0.1, 0.15) is 52.1 Å². The molecule has 5 rings (SSSR count). The number of amides is 1. The van der Waals surface area contributed by atoms with Crippen molar-refractivity contribution < 1.29 is 24.1 Å². The normalized spacial score (nSPS) is 14.4. The fourth-order valence-corrected chi connectivity index (χ4v) is 5.20. The number of ether oxygens (including phenoxy) is 3. The van der Waals surface area contributed by atoms with Crippen molar-refractivity contribution in [3.63, 3.8) is 0 Å². The van der Waals surface area contributed by atoms with Crippen molar-refractivity contribution in [3.05, 3.63) is 93.6 Å². The zero-order chi connectivity index (χ0) is 28.2. The van der Waals surface area contributed by atoms with Gasteiger partial charge in [0.15, 0.2) is 11.5 Å². The molecule has 2 N–H and O–H groups in total. The third-order valence-corrected chi connectivity index (χ3v) is 7.37. The van der Waals surface area contributed by atoms with Crippen LogP contribution in [0.5, 0.6) is 17.2 Å². The maximum Gasteiger partial charge on any atom is 0.273 e. The number of rotatable bonds is 11. The van der Waals surface area contributed by atoms with Crippen molar-refractivity contribution in [1.29, 1.82) is 0 Å². The van der Waals surface area contributed by atoms with Crippen LogP contribution >= 0.6 is 11.6 Å². The van der Waals surface area contributed by atoms with Gasteiger partial charge in [-0.25, -0.2) is 0 Å². The third-order valence-electron chi connectivity index (χ3n) is 6.96. The number of carbonyl (C=O) groups is 1. The molecule has 1 amide bonds. The summed E-state index contributed by atoms with van der Waals surface area (Å²) in [4.78, 5) is 15.4. The average molecular weight is 562 g/mol. The fourth-order valence-electron chi connectivity index (χ4n) is 5.03. The maximum absolute atomic E-state index is 13.6. The number of aromatic nitrogens is 2. The number of benzene rings is 3. The molecule has 0 saturated heterocycles. The molecule has 0 radical (unpaired) electrons. The number of methoxy groups -OCH3 is 1. The number of hydrogen-bond donors (Lipinski definition) is 2. The van der Waals surface area contributed by atoms with Crippen molar-refractivity contribution in [2.24, 2.45) is 0 Å². The SMILES string of the molecule is CCOc1cc(C2c3c(-c4cc(Cl)c(C)cc4O)n[nH]c3C(=O)N2CCCOC)ccc1OCc1ccccc1. The first-order valence-electron chi connectivity index (χ1n) is 13.2. The topological polar surface area (TPSA) is 96.9 Å². The maximum atomic E-state index is 13.6. The molecule has 8 nitrogen and oxygen atoms in total. The summed E-state index contributed by atoms with van der Waals surface area (Å²) in [5.41, 5.74) is 4.62. The van der Waals surface area contributed by atoms with Crippen LogP contribution in [-0.4, -0.2) is 53.0 Å². The van der Waals surface area contributed by atoms with Crippen LogP contribution in [0.25, 0.3) is 11.3 Å². The molecular weight excluding hydrogens is 530 g/mol. The van der Waals surface area contributed by atoms with E-state index < -0.39 is 6.04 Å². The zero-order valence-corrected chi connectivity index (χ0v) is 23.5. The van der Waals surface area contributed by atoms with E-state index in [1.54, 1.807) is 24.1 Å². The Bertz CT molecular complexity index is 1500. The van der Waals surface area contributed by atoms with Crippen LogP contribution in [0.2, 0.25) is 5.02 Å². The molecule has 0 fully saturated rings. The Morgan fingerprint density at radius 3 is 2.62 bits per heavy atom. The Hall–Kier alpha value is -4.01. The second-order valence-electron chi connectivity index (χ2n) is 9.64. The predicted molar refractivity (Wildman–Crippen MR) is 153 cm³/mol. The van der Waals surface area contributed by atoms with Gasteiger partial charge < -0.3 is 24.2 Å². The number of nitrogens with zero attached hydrogens (tertiary/aromatic N) is 2. The minimum Gasteiger partial charge on any atom is -0.507 e. The van der Waals surface area contributed by atoms with Crippen LogP contribution in [0.3, 0.4) is 0 Å². The summed E-state index contributed by atoms with van der Waals surface area (Å²) in [5.74, 6) is 1.06. The number of aromatic hydroxyl groups is 1. The first-order valence-corrected chi connectivity index (χ1v) is 13.6. The highest BCUT2D eigenvalue weighted by Gasteiger charge is 2.42. The molecule has 0 saturated carbocycles. The standard InChI is InChI=1S/C31H32ClN3O5/c1-4-39-26-16-21(11-12-25(26)40-18-20-9-6-5-7-10-20)30-27-28(22-17-23(32)19(2)15-24(22)36)33-34-29(27)31(37)35(30)13-8-14-38-3/h5-7,9-12,15-17,30,36H,4,8,13-14,18H2,1-3H3,(H,33,34). The Kier molecular flexibility index (Phi) is 8.28. The number of nitrogens with one attached hydrogen (secondary N) is 1. The first-order chi connectivity index (χ1) is 19.4. The quantitative estimate of drug-likeness (QED) is 0.208. The van der Waals surface area contributed by atoms with Gasteiger partial charge >= 0.3 is 0 Å². The minimum absolute atomic E-state index is 0.0416. The second-order valence-corrected chi connectivity index (χ2v) is 10.0. The molecule has 1 atom stereocenters. The van der Waals surface area contributed by atoms with Crippen molar-refractivity contribution in [3.8, 4) is 28.5 Å². The summed E-state index contributed by atoms with van der Waals surface area (Å²) < 4.78 is 17.4. The molecule has 3 aromatic carbocycles. The Balaban J connectivity index is 1.57. The van der Waals surface area contributed by atoms with E-state index in [9.17, 15) is 9.90 Å². The summed E-state index contributed by atoms with van der Waals surface area (Å²) in [6.45, 7) is 5.57. The van der Waals surface area contributed by atoms with E-state index in [1.807, 2.05) is 62.4 Å². The lowest BCUT2D eigenvalue weighted by atomic mass is 9.95. The van der Waals surface area contributed by atoms with Crippen molar-refractivity contribution >= 4 is 17.5 Å². The number of carbonyl (C=O) groups excluding carboxylic acids is 1. The fraction of sp³-hybridized carbons (Fsp3) is 0.290. The van der Waals surface area contributed by atoms with Crippen LogP contribution in [0.15, 0.2) is 60.7 Å². The van der Waals surface area contributed by atoms with Crippen molar-refractivity contribution in [2.75, 3.05) is 26.9 Å². The van der Waals surface area contributed by atoms with E-state index in [4.69, 9.17) is 25.8 Å². The lowest BCUT2D eigenvalue weighted by molar-refractivity contribution is 0.0723. The first kappa shape index (κ1) is 27.6. The van der Waals surface area contributed by atoms with Crippen molar-refractivity contribution in [1.82, 2.24) is 15.1 Å². The van der Waals surface area contributed by atoms with Gasteiger partial charge in [-0.2, -0.15) is 5.10 Å². The predicted octanol–water partition coefficient (Wildman–Crippen LogP) is 6.30. The van der Waals surface area contributed by atoms with E-state index in [0.29, 0.717) is 71.8 Å². The number of hydrogen-bond acceptors (Lipinski definition) is 6. The number of phenols is 1. The van der Waals surface area contributed by atoms with Gasteiger partial charge in [0, 0.05) is 36.4 Å². The summed E-state index contributed by atoms with van der Waals surface area (Å²) in [6, 6.07) is 18.5. The van der Waals surface area contributed by atoms with Crippen LogP contribution in [0, 0.1) is 6.92 Å². The van der Waals surface area contributed by atoms with Gasteiger partial charge in [-0.3, -0.25) is 9.89 Å². The largest absolute Gasteiger partial charge is 0.507 e. The van der Waals surface area contributed by atoms with E-state index in [0.717, 1.165) is 16.7 Å². The number of H-pyrrole nitrogens is 1. The number of fused-ring (bicyclic) bond motifs is 1. The Labute approximate surface area is 238 Å². The molecular formula is C31H32ClN3O5. The number of halogens is 1. The highest BCUT2D eigenvalue weighted by molar-refractivity contribution is 6.31. The van der Waals surface area contributed by atoms with Gasteiger partial charge in [-0.05, 0) is 61.2 Å². The molecule has 1 aliphatic rings. The van der Waals surface area contributed by atoms with Crippen molar-refractivity contribution in [2.45, 2.75) is 32.9 Å². The highest BCUT2D eigenvalue weighted by atomic mass is 35.5. The Morgan fingerprint density at radius 2 is 1.88 bits per heavy atom. The summed E-state index contributed by atoms with van der Waals surface area (Å²) in [6.07, 6.45) is 0.657. The molecule has 4 aromatic rings. The zero-order valence-electron chi connectivity index (χ0n) is 22.7. The monoisotopic (exact) mass is 561 g/mol. The van der Waals surface area contributed by atoms with E-state index >= 15 is 0 Å². The molecule has 1 aliphatic heterocycles. The average Bonchev–Trinajstić information content (AvgIpc) is 3.49. The molecule has 1 aromatic heterocycles. The summed E-state index contributed by atoms with van der Waals surface area (Å²) >= 11 is 6.43. The molecule has 0 bridgehead atoms. The van der Waals surface area contributed by atoms with Gasteiger partial charge in [0.05, 0.1) is 12.6 Å². The molecule has 0 spiro atoms. The van der Waals surface area contributed by atoms with Gasteiger partial charge in [-0.15, -0.1) is 0 Å². The summed E-state index contributed by atoms with van der Waals surface area (Å²) in [7, 11) is 1.64. The van der Waals surface area contributed by atoms with Gasteiger partial charge in [0.2, 0.25) is 0 Å². The lowest BCUT2D eigenvalue weighted by Gasteiger charge is -2.27. The number of aromatic amines is 1. The molecule has 0 aliphatic carbocycles. The van der Waals surface area contributed by atoms with Crippen LogP contribution < -0.4 is 9.47 Å². The molecule has 9 heteroatoms. The minimum atomic E-state index is -0.477. The molecule has 208 valence electrons. The molecule has 2 heterocycles. The number of phenolic OH excluding ortho intramolecular Hbond substituents is 1. The molecule has 40 heavy (non-hydrogen) atoms. The van der Waals surface area contributed by atoms with Gasteiger partial charge in [0.1, 0.15) is 23.7 Å². The van der Waals surface area contributed by atoms with Crippen LogP contribution in [0.4, 0.5) is 0 Å². The van der Waals surface area contributed by atoms with Gasteiger partial charge in [-0.1, -0.05) is 48.0 Å². The highest BCUT2D eigenvalue weighted by Crippen LogP contribution is 2.46. The lowest BCUT2D eigenvalue weighted by Crippen LogP contribution is -2.31. The smallest absolute Gasteiger partial charge is 0.273 e. The van der Waals surface area contributed by atoms with E-state index in [1.165, 1.54) is 0 Å². The molecule has 1 unspecified atom stereocenters. The third kappa shape index (κ3) is 5.37. The van der Waals surface area contributed by atoms with Gasteiger partial charge in [0.25, 0.3) is 5.91 Å². The summed E-state index contributed by atoms with van der Waals surface area (Å²) in [5, 5.41) is 18.7. The Morgan fingerprint density at radius 1 is 1.07 bits per heavy atom. The van der Waals surface area contributed by atoms with E-state index in [2.05, 4.69) is 10.2 Å². The van der Waals surface area contributed by atoms with E-state index in [-0.39, 0.29) is 11.7 Å². The second kappa shape index (κ2) is 12.0.